The van der Waals surface area contributed by atoms with Gasteiger partial charge in [0.2, 0.25) is 5.91 Å². The lowest BCUT2D eigenvalue weighted by atomic mass is 10.0. The number of halogens is 2. The molecule has 11 nitrogen and oxygen atoms in total. The smallest absolute Gasteiger partial charge is 0.254 e. The molecule has 1 aliphatic heterocycles. The second kappa shape index (κ2) is 12.8. The van der Waals surface area contributed by atoms with E-state index < -0.39 is 17.5 Å². The number of ether oxygens (including phenoxy) is 1. The van der Waals surface area contributed by atoms with E-state index in [0.29, 0.717) is 46.5 Å². The predicted molar refractivity (Wildman–Crippen MR) is 166 cm³/mol. The maximum atomic E-state index is 13.7. The van der Waals surface area contributed by atoms with Crippen LogP contribution in [0.1, 0.15) is 11.6 Å². The highest BCUT2D eigenvalue weighted by Crippen LogP contribution is 2.28. The van der Waals surface area contributed by atoms with E-state index in [1.165, 1.54) is 27.8 Å². The zero-order valence-electron chi connectivity index (χ0n) is 23.1. The summed E-state index contributed by atoms with van der Waals surface area (Å²) in [5.74, 6) is -0.525. The molecule has 222 valence electrons. The van der Waals surface area contributed by atoms with Gasteiger partial charge < -0.3 is 15.0 Å². The summed E-state index contributed by atoms with van der Waals surface area (Å²) >= 11 is 12.3. The monoisotopic (exact) mass is 629 g/mol. The van der Waals surface area contributed by atoms with Gasteiger partial charge in [-0.2, -0.15) is 0 Å². The Morgan fingerprint density at radius 3 is 2.50 bits per heavy atom. The molecule has 0 aliphatic carbocycles. The second-order valence-corrected chi connectivity index (χ2v) is 10.8. The van der Waals surface area contributed by atoms with Crippen molar-refractivity contribution >= 4 is 46.4 Å². The first-order chi connectivity index (χ1) is 21.4. The normalized spacial score (nSPS) is 14.0. The first-order valence-corrected chi connectivity index (χ1v) is 14.4. The molecule has 6 rings (SSSR count). The van der Waals surface area contributed by atoms with Crippen molar-refractivity contribution in [2.75, 3.05) is 30.0 Å². The van der Waals surface area contributed by atoms with Crippen LogP contribution in [0.2, 0.25) is 10.2 Å². The van der Waals surface area contributed by atoms with Gasteiger partial charge in [-0.05, 0) is 48.0 Å². The Morgan fingerprint density at radius 2 is 1.80 bits per heavy atom. The van der Waals surface area contributed by atoms with Crippen LogP contribution in [-0.2, 0) is 20.7 Å². The predicted octanol–water partition coefficient (Wildman–Crippen LogP) is 4.58. The van der Waals surface area contributed by atoms with E-state index in [1.54, 1.807) is 47.4 Å². The number of nitrogens with one attached hydrogen (secondary N) is 1. The Kier molecular flexibility index (Phi) is 8.51. The summed E-state index contributed by atoms with van der Waals surface area (Å²) in [6, 6.07) is 21.9. The third-order valence-corrected chi connectivity index (χ3v) is 7.53. The SMILES string of the molecule is O=C(Nc1ccc(N2CCOCC2=O)cc1)[C@H](Cc1ccccc1)n1cnc(-c2cc(Cl)ccc2-n2cc(Cl)nn2)cc1=O. The number of anilines is 2. The Labute approximate surface area is 261 Å². The van der Waals surface area contributed by atoms with Gasteiger partial charge in [-0.25, -0.2) is 9.67 Å². The zero-order chi connectivity index (χ0) is 30.6. The van der Waals surface area contributed by atoms with Crippen molar-refractivity contribution in [3.63, 3.8) is 0 Å². The Morgan fingerprint density at radius 1 is 1.00 bits per heavy atom. The van der Waals surface area contributed by atoms with E-state index in [0.717, 1.165) is 5.56 Å². The number of hydrogen-bond acceptors (Lipinski definition) is 7. The number of rotatable bonds is 8. The highest BCUT2D eigenvalue weighted by molar-refractivity contribution is 6.31. The molecule has 1 fully saturated rings. The third-order valence-electron chi connectivity index (χ3n) is 7.13. The van der Waals surface area contributed by atoms with Crippen LogP contribution in [0.25, 0.3) is 16.9 Å². The fourth-order valence-electron chi connectivity index (χ4n) is 4.96. The third kappa shape index (κ3) is 6.40. The summed E-state index contributed by atoms with van der Waals surface area (Å²) in [6.07, 6.45) is 3.13. The van der Waals surface area contributed by atoms with Crippen molar-refractivity contribution in [2.24, 2.45) is 0 Å². The maximum Gasteiger partial charge on any atom is 0.254 e. The molecule has 13 heteroatoms. The summed E-state index contributed by atoms with van der Waals surface area (Å²) in [6.45, 7) is 0.952. The van der Waals surface area contributed by atoms with Gasteiger partial charge in [0.1, 0.15) is 12.6 Å². The standard InChI is InChI=1S/C31H25Cl2N7O4/c32-21-6-11-26(40-17-28(33)36-37-40)24(15-21)25-16-29(41)39(19-34-25)27(14-20-4-2-1-3-5-20)31(43)35-22-7-9-23(10-8-22)38-12-13-44-18-30(38)42/h1-11,15-17,19,27H,12-14,18H2,(H,35,43)/t27-/m0/s1. The number of amides is 2. The van der Waals surface area contributed by atoms with E-state index in [1.807, 2.05) is 30.3 Å². The average molecular weight is 630 g/mol. The topological polar surface area (TPSA) is 124 Å². The number of carbonyl (C=O) groups excluding carboxylic acids is 2. The minimum Gasteiger partial charge on any atom is -0.370 e. The second-order valence-electron chi connectivity index (χ2n) is 10.0. The fraction of sp³-hybridized carbons (Fsp3) is 0.161. The first kappa shape index (κ1) is 29.2. The molecule has 3 heterocycles. The van der Waals surface area contributed by atoms with E-state index in [-0.39, 0.29) is 24.1 Å². The number of nitrogens with zero attached hydrogens (tertiary/aromatic N) is 6. The Hall–Kier alpha value is -4.84. The van der Waals surface area contributed by atoms with Gasteiger partial charge in [0, 0.05) is 41.0 Å². The fourth-order valence-corrected chi connectivity index (χ4v) is 5.26. The van der Waals surface area contributed by atoms with Crippen LogP contribution < -0.4 is 15.8 Å². The van der Waals surface area contributed by atoms with E-state index in [4.69, 9.17) is 27.9 Å². The lowest BCUT2D eigenvalue weighted by Gasteiger charge is -2.27. The molecule has 2 aromatic heterocycles. The largest absolute Gasteiger partial charge is 0.370 e. The van der Waals surface area contributed by atoms with Crippen LogP contribution in [-0.4, -0.2) is 56.1 Å². The van der Waals surface area contributed by atoms with Gasteiger partial charge in [-0.1, -0.05) is 58.7 Å². The molecular formula is C31H25Cl2N7O4. The molecule has 1 aliphatic rings. The average Bonchev–Trinajstić information content (AvgIpc) is 3.47. The van der Waals surface area contributed by atoms with Crippen LogP contribution in [0.15, 0.2) is 96.2 Å². The van der Waals surface area contributed by atoms with Crippen LogP contribution >= 0.6 is 23.2 Å². The molecule has 0 spiro atoms. The summed E-state index contributed by atoms with van der Waals surface area (Å²) in [5.41, 5.74) is 3.10. The first-order valence-electron chi connectivity index (χ1n) is 13.6. The van der Waals surface area contributed by atoms with Gasteiger partial charge in [0.15, 0.2) is 5.15 Å². The lowest BCUT2D eigenvalue weighted by molar-refractivity contribution is -0.125. The van der Waals surface area contributed by atoms with Gasteiger partial charge in [-0.15, -0.1) is 5.10 Å². The molecule has 5 aromatic rings. The molecule has 0 unspecified atom stereocenters. The molecular weight excluding hydrogens is 605 g/mol. The minimum atomic E-state index is -0.917. The number of carbonyl (C=O) groups is 2. The van der Waals surface area contributed by atoms with Crippen molar-refractivity contribution in [3.05, 3.63) is 117 Å². The molecule has 1 atom stereocenters. The van der Waals surface area contributed by atoms with Crippen molar-refractivity contribution < 1.29 is 14.3 Å². The molecule has 44 heavy (non-hydrogen) atoms. The lowest BCUT2D eigenvalue weighted by Crippen LogP contribution is -2.41. The van der Waals surface area contributed by atoms with E-state index >= 15 is 0 Å². The zero-order valence-corrected chi connectivity index (χ0v) is 24.7. The van der Waals surface area contributed by atoms with Crippen LogP contribution in [0.5, 0.6) is 0 Å². The van der Waals surface area contributed by atoms with E-state index in [2.05, 4.69) is 20.6 Å². The quantitative estimate of drug-likeness (QED) is 0.266. The molecule has 1 saturated heterocycles. The minimum absolute atomic E-state index is 0.0364. The van der Waals surface area contributed by atoms with Gasteiger partial charge >= 0.3 is 0 Å². The number of hydrogen-bond donors (Lipinski definition) is 1. The Bertz CT molecular complexity index is 1880. The summed E-state index contributed by atoms with van der Waals surface area (Å²) < 4.78 is 7.98. The summed E-state index contributed by atoms with van der Waals surface area (Å²) in [7, 11) is 0. The van der Waals surface area contributed by atoms with Crippen molar-refractivity contribution in [2.45, 2.75) is 12.5 Å². The van der Waals surface area contributed by atoms with Gasteiger partial charge in [0.25, 0.3) is 11.5 Å². The molecule has 2 amide bonds. The highest BCUT2D eigenvalue weighted by Gasteiger charge is 2.24. The van der Waals surface area contributed by atoms with Crippen molar-refractivity contribution in [1.29, 1.82) is 0 Å². The van der Waals surface area contributed by atoms with Crippen LogP contribution in [0.4, 0.5) is 11.4 Å². The van der Waals surface area contributed by atoms with Gasteiger partial charge in [-0.3, -0.25) is 19.0 Å². The van der Waals surface area contributed by atoms with E-state index in [9.17, 15) is 14.4 Å². The number of benzene rings is 3. The molecule has 1 N–H and O–H groups in total. The maximum absolute atomic E-state index is 13.7. The molecule has 0 bridgehead atoms. The molecule has 3 aromatic carbocycles. The number of morpholine rings is 1. The van der Waals surface area contributed by atoms with Crippen LogP contribution in [0.3, 0.4) is 0 Å². The van der Waals surface area contributed by atoms with Crippen molar-refractivity contribution in [1.82, 2.24) is 24.5 Å². The highest BCUT2D eigenvalue weighted by atomic mass is 35.5. The van der Waals surface area contributed by atoms with Crippen LogP contribution in [0, 0.1) is 0 Å². The Balaban J connectivity index is 1.30. The summed E-state index contributed by atoms with van der Waals surface area (Å²) in [4.78, 5) is 45.7. The number of aromatic nitrogens is 5. The van der Waals surface area contributed by atoms with Crippen molar-refractivity contribution in [3.8, 4) is 16.9 Å². The molecule has 0 saturated carbocycles. The van der Waals surface area contributed by atoms with Gasteiger partial charge in [0.05, 0.1) is 30.5 Å². The summed E-state index contributed by atoms with van der Waals surface area (Å²) in [5, 5.41) is 11.4. The molecule has 0 radical (unpaired) electrons.